The Hall–Kier alpha value is -1.12. The second-order valence-corrected chi connectivity index (χ2v) is 1.67. The maximum Gasteiger partial charge on any atom is 0.327 e. The lowest BCUT2D eigenvalue weighted by atomic mass is 11.1. The molecule has 0 aliphatic rings. The summed E-state index contributed by atoms with van der Waals surface area (Å²) in [5.41, 5.74) is 18.3. The molecule has 10 heavy (non-hydrogen) atoms. The molecule has 7 nitrogen and oxygen atoms in total. The third-order valence-electron chi connectivity index (χ3n) is 0.434. The first-order valence-electron chi connectivity index (χ1n) is 2.24. The minimum atomic E-state index is -0.725. The van der Waals surface area contributed by atoms with Gasteiger partial charge in [-0.2, -0.15) is 11.1 Å². The standard InChI is InChI=1S/C2H8N6OS/c3-1(9)5-7-8-6-2(4)10/h7-8H,(H3,3,5,9)(H3,4,6,10). The van der Waals surface area contributed by atoms with E-state index < -0.39 is 6.03 Å². The monoisotopic (exact) mass is 164 g/mol. The Balaban J connectivity index is 3.06. The zero-order valence-corrected chi connectivity index (χ0v) is 5.79. The molecule has 0 fully saturated rings. The van der Waals surface area contributed by atoms with E-state index in [1.54, 1.807) is 0 Å². The quantitative estimate of drug-likeness (QED) is 0.155. The molecule has 0 radical (unpaired) electrons. The van der Waals surface area contributed by atoms with Crippen LogP contribution in [0.15, 0.2) is 0 Å². The smallest absolute Gasteiger partial charge is 0.327 e. The second kappa shape index (κ2) is 4.73. The van der Waals surface area contributed by atoms with Crippen LogP contribution in [-0.2, 0) is 0 Å². The molecule has 0 aromatic rings. The summed E-state index contributed by atoms with van der Waals surface area (Å²) in [6, 6.07) is -0.725. The number of carbonyl (C=O) groups is 1. The van der Waals surface area contributed by atoms with E-state index in [0.717, 1.165) is 0 Å². The van der Waals surface area contributed by atoms with Crippen molar-refractivity contribution in [1.82, 2.24) is 21.9 Å². The number of hydrogen-bond acceptors (Lipinski definition) is 4. The van der Waals surface area contributed by atoms with Gasteiger partial charge in [0.25, 0.3) is 0 Å². The molecule has 0 aromatic carbocycles. The number of nitrogens with one attached hydrogen (secondary N) is 4. The predicted octanol–water partition coefficient (Wildman–Crippen LogP) is -2.59. The summed E-state index contributed by atoms with van der Waals surface area (Å²) in [5.74, 6) is 0. The lowest BCUT2D eigenvalue weighted by molar-refractivity contribution is 0.240. The van der Waals surface area contributed by atoms with Gasteiger partial charge in [0.15, 0.2) is 5.11 Å². The van der Waals surface area contributed by atoms with E-state index in [1.165, 1.54) is 0 Å². The summed E-state index contributed by atoms with van der Waals surface area (Å²) in [4.78, 5) is 9.96. The highest BCUT2D eigenvalue weighted by Gasteiger charge is 1.86. The molecule has 8 heteroatoms. The second-order valence-electron chi connectivity index (χ2n) is 1.23. The number of rotatable bonds is 3. The molecular weight excluding hydrogens is 156 g/mol. The van der Waals surface area contributed by atoms with Crippen molar-refractivity contribution in [3.05, 3.63) is 0 Å². The highest BCUT2D eigenvalue weighted by Crippen LogP contribution is 1.47. The zero-order valence-electron chi connectivity index (χ0n) is 4.97. The molecule has 0 aliphatic heterocycles. The first kappa shape index (κ1) is 8.88. The fourth-order valence-corrected chi connectivity index (χ4v) is 0.237. The van der Waals surface area contributed by atoms with E-state index in [1.807, 2.05) is 5.43 Å². The summed E-state index contributed by atoms with van der Waals surface area (Å²) in [5, 5.41) is 0.0405. The Labute approximate surface area is 62.4 Å². The normalized spacial score (nSPS) is 8.40. The summed E-state index contributed by atoms with van der Waals surface area (Å²) in [6.45, 7) is 0. The first-order valence-corrected chi connectivity index (χ1v) is 2.64. The molecule has 0 bridgehead atoms. The maximum atomic E-state index is 9.96. The number of primary amides is 1. The van der Waals surface area contributed by atoms with Crippen LogP contribution in [0.25, 0.3) is 0 Å². The van der Waals surface area contributed by atoms with Crippen LogP contribution in [-0.4, -0.2) is 11.1 Å². The van der Waals surface area contributed by atoms with Crippen molar-refractivity contribution >= 4 is 23.4 Å². The maximum absolute atomic E-state index is 9.96. The van der Waals surface area contributed by atoms with Gasteiger partial charge in [0.05, 0.1) is 0 Å². The van der Waals surface area contributed by atoms with Crippen molar-refractivity contribution in [3.8, 4) is 0 Å². The predicted molar refractivity (Wildman–Crippen MR) is 38.9 cm³/mol. The fourth-order valence-electron chi connectivity index (χ4n) is 0.186. The van der Waals surface area contributed by atoms with Crippen molar-refractivity contribution in [2.75, 3.05) is 0 Å². The van der Waals surface area contributed by atoms with Gasteiger partial charge in [-0.05, 0) is 12.2 Å². The molecule has 0 saturated heterocycles. The molecule has 0 unspecified atom stereocenters. The van der Waals surface area contributed by atoms with E-state index in [4.69, 9.17) is 5.73 Å². The molecule has 58 valence electrons. The Bertz CT molecular complexity index is 120. The number of hydrazine groups is 3. The number of thiocarbonyl (C=S) groups is 1. The van der Waals surface area contributed by atoms with Gasteiger partial charge in [0.1, 0.15) is 0 Å². The Morgan fingerprint density at radius 3 is 2.10 bits per heavy atom. The van der Waals surface area contributed by atoms with Crippen LogP contribution >= 0.6 is 12.2 Å². The van der Waals surface area contributed by atoms with E-state index >= 15 is 0 Å². The molecule has 0 atom stereocenters. The largest absolute Gasteiger partial charge is 0.375 e. The van der Waals surface area contributed by atoms with Crippen LogP contribution in [0, 0.1) is 0 Å². The number of urea groups is 1. The van der Waals surface area contributed by atoms with Crippen molar-refractivity contribution < 1.29 is 4.79 Å². The van der Waals surface area contributed by atoms with Gasteiger partial charge < -0.3 is 11.5 Å². The van der Waals surface area contributed by atoms with Gasteiger partial charge in [-0.25, -0.2) is 4.79 Å². The minimum absolute atomic E-state index is 0.0405. The molecule has 0 saturated carbocycles. The van der Waals surface area contributed by atoms with Gasteiger partial charge in [0, 0.05) is 0 Å². The van der Waals surface area contributed by atoms with Crippen molar-refractivity contribution in [2.24, 2.45) is 11.5 Å². The summed E-state index contributed by atoms with van der Waals surface area (Å²) < 4.78 is 0. The van der Waals surface area contributed by atoms with Crippen LogP contribution in [0.5, 0.6) is 0 Å². The number of amides is 2. The first-order chi connectivity index (χ1) is 4.63. The van der Waals surface area contributed by atoms with Crippen molar-refractivity contribution in [1.29, 1.82) is 0 Å². The molecule has 0 spiro atoms. The Kier molecular flexibility index (Phi) is 4.20. The van der Waals surface area contributed by atoms with Crippen LogP contribution in [0.4, 0.5) is 4.79 Å². The lowest BCUT2D eigenvalue weighted by Gasteiger charge is -2.06. The summed E-state index contributed by atoms with van der Waals surface area (Å²) in [6.07, 6.45) is 0. The van der Waals surface area contributed by atoms with E-state index in [0.29, 0.717) is 0 Å². The van der Waals surface area contributed by atoms with Gasteiger partial charge in [-0.1, -0.05) is 0 Å². The molecule has 2 amide bonds. The fraction of sp³-hybridized carbons (Fsp3) is 0. The molecule has 0 aromatic heterocycles. The Morgan fingerprint density at radius 2 is 1.70 bits per heavy atom. The average molecular weight is 164 g/mol. The Morgan fingerprint density at radius 1 is 1.20 bits per heavy atom. The third-order valence-corrected chi connectivity index (χ3v) is 0.536. The zero-order chi connectivity index (χ0) is 7.98. The lowest BCUT2D eigenvalue weighted by Crippen LogP contribution is -2.56. The van der Waals surface area contributed by atoms with Gasteiger partial charge in [-0.15, -0.1) is 0 Å². The van der Waals surface area contributed by atoms with Gasteiger partial charge in [0.2, 0.25) is 0 Å². The van der Waals surface area contributed by atoms with Crippen LogP contribution < -0.4 is 33.4 Å². The highest BCUT2D eigenvalue weighted by molar-refractivity contribution is 7.80. The minimum Gasteiger partial charge on any atom is -0.375 e. The number of hydrogen-bond donors (Lipinski definition) is 6. The topological polar surface area (TPSA) is 117 Å². The number of nitrogens with two attached hydrogens (primary N) is 2. The van der Waals surface area contributed by atoms with Crippen LogP contribution in [0.1, 0.15) is 0 Å². The van der Waals surface area contributed by atoms with Crippen LogP contribution in [0.2, 0.25) is 0 Å². The molecule has 0 rings (SSSR count). The van der Waals surface area contributed by atoms with Crippen LogP contribution in [0.3, 0.4) is 0 Å². The SMILES string of the molecule is NC(=O)NNNNC(N)=S. The van der Waals surface area contributed by atoms with E-state index in [2.05, 4.69) is 34.4 Å². The van der Waals surface area contributed by atoms with E-state index in [-0.39, 0.29) is 5.11 Å². The van der Waals surface area contributed by atoms with Crippen molar-refractivity contribution in [2.45, 2.75) is 0 Å². The molecule has 0 heterocycles. The van der Waals surface area contributed by atoms with Gasteiger partial charge in [-0.3, -0.25) is 10.9 Å². The summed E-state index contributed by atoms with van der Waals surface area (Å²) in [7, 11) is 0. The molecule has 0 aliphatic carbocycles. The molecule has 8 N–H and O–H groups in total. The third kappa shape index (κ3) is 6.88. The van der Waals surface area contributed by atoms with E-state index in [9.17, 15) is 4.79 Å². The average Bonchev–Trinajstić information content (AvgIpc) is 1.79. The number of carbonyl (C=O) groups excluding carboxylic acids is 1. The van der Waals surface area contributed by atoms with Crippen molar-refractivity contribution in [3.63, 3.8) is 0 Å². The molecular formula is C2H8N6OS. The summed E-state index contributed by atoms with van der Waals surface area (Å²) >= 11 is 4.39. The highest BCUT2D eigenvalue weighted by atomic mass is 32.1. The van der Waals surface area contributed by atoms with Gasteiger partial charge >= 0.3 is 6.03 Å².